The quantitative estimate of drug-likeness (QED) is 0.379. The van der Waals surface area contributed by atoms with Gasteiger partial charge in [-0.1, -0.05) is 15.9 Å². The van der Waals surface area contributed by atoms with Crippen LogP contribution in [0.2, 0.25) is 0 Å². The molecule has 0 amide bonds. The summed E-state index contributed by atoms with van der Waals surface area (Å²) in [5, 5.41) is 17.4. The minimum atomic E-state index is -1.97. The van der Waals surface area contributed by atoms with E-state index in [1.807, 2.05) is 0 Å². The van der Waals surface area contributed by atoms with Gasteiger partial charge in [0.15, 0.2) is 0 Å². The summed E-state index contributed by atoms with van der Waals surface area (Å²) in [4.78, 5) is 21.3. The number of hydrogen-bond acceptors (Lipinski definition) is 4. The SMILES string of the molecule is COCCOCCC(Br)(C(=O)O)C(=O)O. The molecule has 0 aliphatic carbocycles. The van der Waals surface area contributed by atoms with Crippen LogP contribution in [0.25, 0.3) is 0 Å². The fourth-order valence-corrected chi connectivity index (χ4v) is 0.924. The van der Waals surface area contributed by atoms with Crippen molar-refractivity contribution in [2.24, 2.45) is 0 Å². The maximum Gasteiger partial charge on any atom is 0.332 e. The molecule has 0 bridgehead atoms. The molecule has 0 aliphatic rings. The van der Waals surface area contributed by atoms with E-state index in [-0.39, 0.29) is 13.0 Å². The lowest BCUT2D eigenvalue weighted by Gasteiger charge is -2.17. The molecule has 0 aromatic rings. The molecule has 0 radical (unpaired) electrons. The topological polar surface area (TPSA) is 93.1 Å². The van der Waals surface area contributed by atoms with Crippen LogP contribution in [0, 0.1) is 0 Å². The van der Waals surface area contributed by atoms with E-state index in [4.69, 9.17) is 19.7 Å². The van der Waals surface area contributed by atoms with E-state index in [0.29, 0.717) is 13.2 Å². The van der Waals surface area contributed by atoms with Crippen LogP contribution >= 0.6 is 15.9 Å². The Labute approximate surface area is 95.3 Å². The highest BCUT2D eigenvalue weighted by Gasteiger charge is 2.43. The van der Waals surface area contributed by atoms with Crippen LogP contribution in [0.3, 0.4) is 0 Å². The highest BCUT2D eigenvalue weighted by atomic mass is 79.9. The van der Waals surface area contributed by atoms with E-state index in [1.54, 1.807) is 0 Å². The average Bonchev–Trinajstić information content (AvgIpc) is 2.16. The molecule has 0 saturated heterocycles. The predicted molar refractivity (Wildman–Crippen MR) is 54.2 cm³/mol. The fraction of sp³-hybridized carbons (Fsp3) is 0.750. The summed E-state index contributed by atoms with van der Waals surface area (Å²) in [6.45, 7) is 0.724. The molecule has 15 heavy (non-hydrogen) atoms. The van der Waals surface area contributed by atoms with Gasteiger partial charge in [0.2, 0.25) is 4.32 Å². The van der Waals surface area contributed by atoms with Crippen molar-refractivity contribution in [3.8, 4) is 0 Å². The minimum absolute atomic E-state index is 0.0349. The van der Waals surface area contributed by atoms with Crippen molar-refractivity contribution in [1.29, 1.82) is 0 Å². The van der Waals surface area contributed by atoms with Crippen LogP contribution in [0.1, 0.15) is 6.42 Å². The Morgan fingerprint density at radius 3 is 2.13 bits per heavy atom. The molecule has 0 aromatic carbocycles. The van der Waals surface area contributed by atoms with E-state index in [1.165, 1.54) is 7.11 Å². The standard InChI is InChI=1S/C8H13BrO6/c1-14-4-5-15-3-2-8(9,6(10)11)7(12)13/h2-5H2,1H3,(H,10,11)(H,12,13). The summed E-state index contributed by atoms with van der Waals surface area (Å²) in [6.07, 6.45) is -0.151. The number of ether oxygens (including phenoxy) is 2. The van der Waals surface area contributed by atoms with Gasteiger partial charge >= 0.3 is 11.9 Å². The van der Waals surface area contributed by atoms with Crippen molar-refractivity contribution in [3.63, 3.8) is 0 Å². The molecule has 0 aromatic heterocycles. The Morgan fingerprint density at radius 1 is 1.20 bits per heavy atom. The van der Waals surface area contributed by atoms with Crippen molar-refractivity contribution in [3.05, 3.63) is 0 Å². The van der Waals surface area contributed by atoms with Gasteiger partial charge in [0.05, 0.1) is 13.2 Å². The van der Waals surface area contributed by atoms with Crippen molar-refractivity contribution >= 4 is 27.9 Å². The number of carboxylic acid groups (broad SMARTS) is 2. The van der Waals surface area contributed by atoms with Crippen LogP contribution in [0.5, 0.6) is 0 Å². The molecule has 0 atom stereocenters. The Bertz CT molecular complexity index is 215. The third-order valence-electron chi connectivity index (χ3n) is 1.70. The summed E-state index contributed by atoms with van der Waals surface area (Å²) in [5.41, 5.74) is 0. The maximum atomic E-state index is 10.7. The van der Waals surface area contributed by atoms with Gasteiger partial charge in [-0.3, -0.25) is 9.59 Å². The molecule has 0 aliphatic heterocycles. The van der Waals surface area contributed by atoms with Gasteiger partial charge in [-0.25, -0.2) is 0 Å². The second kappa shape index (κ2) is 6.76. The summed E-state index contributed by atoms with van der Waals surface area (Å²) in [6, 6.07) is 0. The number of rotatable bonds is 8. The van der Waals surface area contributed by atoms with E-state index >= 15 is 0 Å². The van der Waals surface area contributed by atoms with Gasteiger partial charge < -0.3 is 19.7 Å². The zero-order chi connectivity index (χ0) is 11.9. The van der Waals surface area contributed by atoms with Gasteiger partial charge in [-0.2, -0.15) is 0 Å². The number of methoxy groups -OCH3 is 1. The number of carboxylic acids is 2. The van der Waals surface area contributed by atoms with Gasteiger partial charge in [-0.05, 0) is 0 Å². The van der Waals surface area contributed by atoms with Crippen molar-refractivity contribution in [2.75, 3.05) is 26.9 Å². The van der Waals surface area contributed by atoms with E-state index in [2.05, 4.69) is 15.9 Å². The molecule has 0 spiro atoms. The average molecular weight is 285 g/mol. The Kier molecular flexibility index (Phi) is 6.46. The zero-order valence-corrected chi connectivity index (χ0v) is 9.82. The molecule has 88 valence electrons. The minimum Gasteiger partial charge on any atom is -0.480 e. The summed E-state index contributed by atoms with van der Waals surface area (Å²) in [5.74, 6) is -2.88. The number of alkyl halides is 1. The van der Waals surface area contributed by atoms with Crippen LogP contribution in [-0.4, -0.2) is 53.4 Å². The Morgan fingerprint density at radius 2 is 1.73 bits per heavy atom. The van der Waals surface area contributed by atoms with E-state index < -0.39 is 16.3 Å². The molecule has 6 nitrogen and oxygen atoms in total. The summed E-state index contributed by atoms with van der Waals surface area (Å²) < 4.78 is 7.72. The highest BCUT2D eigenvalue weighted by molar-refractivity contribution is 9.10. The molecule has 0 fully saturated rings. The van der Waals surface area contributed by atoms with E-state index in [0.717, 1.165) is 0 Å². The maximum absolute atomic E-state index is 10.7. The van der Waals surface area contributed by atoms with Crippen molar-refractivity contribution < 1.29 is 29.3 Å². The Balaban J connectivity index is 3.99. The molecular weight excluding hydrogens is 272 g/mol. The smallest absolute Gasteiger partial charge is 0.332 e. The number of aliphatic carboxylic acids is 2. The Hall–Kier alpha value is -0.660. The second-order valence-corrected chi connectivity index (χ2v) is 4.12. The highest BCUT2D eigenvalue weighted by Crippen LogP contribution is 2.23. The molecule has 0 heterocycles. The molecule has 0 rings (SSSR count). The number of carbonyl (C=O) groups is 2. The third-order valence-corrected chi connectivity index (χ3v) is 2.78. The summed E-state index contributed by atoms with van der Waals surface area (Å²) in [7, 11) is 1.51. The molecule has 7 heteroatoms. The number of hydrogen-bond donors (Lipinski definition) is 2. The van der Waals surface area contributed by atoms with Gasteiger partial charge in [0.1, 0.15) is 0 Å². The largest absolute Gasteiger partial charge is 0.480 e. The van der Waals surface area contributed by atoms with Crippen LogP contribution in [0.15, 0.2) is 0 Å². The first kappa shape index (κ1) is 14.3. The predicted octanol–water partition coefficient (Wildman–Crippen LogP) is 0.342. The lowest BCUT2D eigenvalue weighted by atomic mass is 10.1. The van der Waals surface area contributed by atoms with Crippen molar-refractivity contribution in [2.45, 2.75) is 10.7 Å². The van der Waals surface area contributed by atoms with Crippen LogP contribution in [-0.2, 0) is 19.1 Å². The van der Waals surface area contributed by atoms with Gasteiger partial charge in [0, 0.05) is 20.1 Å². The summed E-state index contributed by atoms with van der Waals surface area (Å²) >= 11 is 2.67. The zero-order valence-electron chi connectivity index (χ0n) is 8.23. The van der Waals surface area contributed by atoms with Crippen LogP contribution < -0.4 is 0 Å². The molecular formula is C8H13BrO6. The monoisotopic (exact) mass is 284 g/mol. The molecule has 2 N–H and O–H groups in total. The first-order valence-corrected chi connectivity index (χ1v) is 4.97. The number of halogens is 1. The fourth-order valence-electron chi connectivity index (χ4n) is 0.762. The van der Waals surface area contributed by atoms with Gasteiger partial charge in [0.25, 0.3) is 0 Å². The lowest BCUT2D eigenvalue weighted by Crippen LogP contribution is -2.41. The first-order chi connectivity index (χ1) is 6.95. The van der Waals surface area contributed by atoms with Gasteiger partial charge in [-0.15, -0.1) is 0 Å². The third kappa shape index (κ3) is 4.59. The molecule has 0 saturated carbocycles. The first-order valence-electron chi connectivity index (χ1n) is 4.17. The lowest BCUT2D eigenvalue weighted by molar-refractivity contribution is -0.152. The van der Waals surface area contributed by atoms with Crippen LogP contribution in [0.4, 0.5) is 0 Å². The van der Waals surface area contributed by atoms with E-state index in [9.17, 15) is 9.59 Å². The second-order valence-electron chi connectivity index (χ2n) is 2.77. The molecule has 0 unspecified atom stereocenters. The van der Waals surface area contributed by atoms with Crippen molar-refractivity contribution in [1.82, 2.24) is 0 Å². The normalized spacial score (nSPS) is 11.3.